The van der Waals surface area contributed by atoms with Crippen molar-refractivity contribution in [2.75, 3.05) is 5.32 Å². The number of amides is 3. The van der Waals surface area contributed by atoms with Crippen molar-refractivity contribution >= 4 is 50.9 Å². The molecule has 7 atom stereocenters. The molecule has 6 rings (SSSR count). The third-order valence-electron chi connectivity index (χ3n) is 7.06. The minimum absolute atomic E-state index is 0.157. The van der Waals surface area contributed by atoms with Gasteiger partial charge in [0, 0.05) is 10.2 Å². The number of allylic oxidation sites excluding steroid dienone is 2. The first-order valence-electron chi connectivity index (χ1n) is 9.62. The number of halogens is 2. The molecule has 3 fully saturated rings. The van der Waals surface area contributed by atoms with Gasteiger partial charge in [0.05, 0.1) is 16.9 Å². The summed E-state index contributed by atoms with van der Waals surface area (Å²) in [4.78, 5) is 40.3. The Hall–Kier alpha value is -1.66. The zero-order valence-electron chi connectivity index (χ0n) is 15.5. The van der Waals surface area contributed by atoms with Crippen molar-refractivity contribution in [3.8, 4) is 0 Å². The lowest BCUT2D eigenvalue weighted by atomic mass is 9.63. The number of likely N-dealkylation sites (tertiary alicyclic amines) is 1. The Bertz CT molecular complexity index is 925. The van der Waals surface area contributed by atoms with Crippen LogP contribution in [0.3, 0.4) is 0 Å². The fourth-order valence-electron chi connectivity index (χ4n) is 5.50. The molecule has 2 bridgehead atoms. The molecule has 146 valence electrons. The lowest BCUT2D eigenvalue weighted by molar-refractivity contribution is -0.146. The first-order valence-corrected chi connectivity index (χ1v) is 10.8. The zero-order valence-corrected chi connectivity index (χ0v) is 17.8. The van der Waals surface area contributed by atoms with Crippen molar-refractivity contribution in [2.45, 2.75) is 26.3 Å². The van der Waals surface area contributed by atoms with E-state index in [2.05, 4.69) is 33.4 Å². The van der Waals surface area contributed by atoms with Crippen LogP contribution in [-0.4, -0.2) is 28.7 Å². The highest BCUT2D eigenvalue weighted by atomic mass is 79.9. The van der Waals surface area contributed by atoms with Crippen LogP contribution in [0.1, 0.15) is 18.9 Å². The van der Waals surface area contributed by atoms with E-state index < -0.39 is 6.04 Å². The van der Waals surface area contributed by atoms with E-state index in [0.29, 0.717) is 22.5 Å². The zero-order chi connectivity index (χ0) is 19.9. The second-order valence-electron chi connectivity index (χ2n) is 8.40. The van der Waals surface area contributed by atoms with Gasteiger partial charge >= 0.3 is 0 Å². The van der Waals surface area contributed by atoms with Crippen LogP contribution in [0, 0.1) is 42.4 Å². The second-order valence-corrected chi connectivity index (χ2v) is 9.63. The maximum atomic E-state index is 13.1. The molecule has 5 nitrogen and oxygen atoms in total. The summed E-state index contributed by atoms with van der Waals surface area (Å²) in [5.41, 5.74) is 1.30. The maximum absolute atomic E-state index is 13.1. The summed E-state index contributed by atoms with van der Waals surface area (Å²) in [7, 11) is 0. The van der Waals surface area contributed by atoms with Crippen LogP contribution in [0.5, 0.6) is 0 Å². The van der Waals surface area contributed by atoms with E-state index in [9.17, 15) is 14.4 Å². The summed E-state index contributed by atoms with van der Waals surface area (Å²) in [6.45, 7) is 3.43. The highest BCUT2D eigenvalue weighted by molar-refractivity contribution is 9.10. The van der Waals surface area contributed by atoms with Gasteiger partial charge in [0.2, 0.25) is 17.7 Å². The van der Waals surface area contributed by atoms with Gasteiger partial charge in [-0.25, -0.2) is 0 Å². The van der Waals surface area contributed by atoms with Crippen LogP contribution in [0.15, 0.2) is 28.8 Å². The van der Waals surface area contributed by atoms with Gasteiger partial charge in [0.15, 0.2) is 0 Å². The molecule has 1 heterocycles. The molecule has 5 aliphatic rings. The molecule has 7 heteroatoms. The predicted molar refractivity (Wildman–Crippen MR) is 109 cm³/mol. The molecule has 1 aromatic carbocycles. The molecule has 0 radical (unpaired) electrons. The second kappa shape index (κ2) is 6.17. The standard InChI is InChI=1S/C21H20BrClN2O3/c1-8-15(6-5-14(22)18(8)23)24-19(26)9(2)25-20(27)16-10-3-4-11(13-7-12(10)13)17(16)21(25)28/h3-6,9-13,16-17H,7H2,1-2H3,(H,24,26). The number of imide groups is 1. The van der Waals surface area contributed by atoms with Crippen molar-refractivity contribution < 1.29 is 14.4 Å². The smallest absolute Gasteiger partial charge is 0.247 e. The van der Waals surface area contributed by atoms with Crippen molar-refractivity contribution in [3.63, 3.8) is 0 Å². The average Bonchev–Trinajstić information content (AvgIpc) is 3.45. The molecule has 1 aromatic rings. The normalized spacial score (nSPS) is 35.6. The molecular formula is C21H20BrClN2O3. The Kier molecular flexibility index (Phi) is 4.05. The summed E-state index contributed by atoms with van der Waals surface area (Å²) in [5, 5.41) is 3.35. The number of rotatable bonds is 3. The third kappa shape index (κ3) is 2.40. The van der Waals surface area contributed by atoms with Crippen molar-refractivity contribution in [3.05, 3.63) is 39.3 Å². The largest absolute Gasteiger partial charge is 0.324 e. The molecule has 1 N–H and O–H groups in total. The number of anilines is 1. The summed E-state index contributed by atoms with van der Waals surface area (Å²) in [5.74, 6) is 0.0756. The number of benzene rings is 1. The van der Waals surface area contributed by atoms with E-state index in [1.165, 1.54) is 4.90 Å². The van der Waals surface area contributed by atoms with Crippen molar-refractivity contribution in [2.24, 2.45) is 35.5 Å². The Labute approximate surface area is 176 Å². The molecule has 7 unspecified atom stereocenters. The molecular weight excluding hydrogens is 444 g/mol. The number of hydrogen-bond acceptors (Lipinski definition) is 3. The summed E-state index contributed by atoms with van der Waals surface area (Å²) in [6.07, 6.45) is 5.38. The summed E-state index contributed by atoms with van der Waals surface area (Å²) < 4.78 is 0.744. The quantitative estimate of drug-likeness (QED) is 0.548. The molecule has 1 saturated heterocycles. The van der Waals surface area contributed by atoms with Gasteiger partial charge in [0.25, 0.3) is 0 Å². The van der Waals surface area contributed by atoms with Crippen LogP contribution in [0.25, 0.3) is 0 Å². The van der Waals surface area contributed by atoms with Gasteiger partial charge in [-0.15, -0.1) is 0 Å². The Morgan fingerprint density at radius 1 is 1.18 bits per heavy atom. The van der Waals surface area contributed by atoms with Crippen LogP contribution >= 0.6 is 27.5 Å². The summed E-state index contributed by atoms with van der Waals surface area (Å²) in [6, 6.07) is 2.65. The molecule has 3 amide bonds. The lowest BCUT2D eigenvalue weighted by Gasteiger charge is -2.37. The Morgan fingerprint density at radius 3 is 2.32 bits per heavy atom. The van der Waals surface area contributed by atoms with Crippen LogP contribution in [0.4, 0.5) is 5.69 Å². The number of nitrogens with one attached hydrogen (secondary N) is 1. The van der Waals surface area contributed by atoms with E-state index in [-0.39, 0.29) is 41.4 Å². The van der Waals surface area contributed by atoms with E-state index in [1.807, 2.05) is 6.92 Å². The molecule has 28 heavy (non-hydrogen) atoms. The molecule has 0 spiro atoms. The topological polar surface area (TPSA) is 66.5 Å². The predicted octanol–water partition coefficient (Wildman–Crippen LogP) is 3.79. The number of carbonyl (C=O) groups is 3. The monoisotopic (exact) mass is 462 g/mol. The van der Waals surface area contributed by atoms with Crippen molar-refractivity contribution in [1.29, 1.82) is 0 Å². The van der Waals surface area contributed by atoms with E-state index in [1.54, 1.807) is 19.1 Å². The Morgan fingerprint density at radius 2 is 1.75 bits per heavy atom. The van der Waals surface area contributed by atoms with E-state index in [0.717, 1.165) is 16.5 Å². The minimum Gasteiger partial charge on any atom is -0.324 e. The number of nitrogens with zero attached hydrogens (tertiary/aromatic N) is 1. The first kappa shape index (κ1) is 18.4. The van der Waals surface area contributed by atoms with E-state index >= 15 is 0 Å². The Balaban J connectivity index is 1.38. The van der Waals surface area contributed by atoms with Gasteiger partial charge in [-0.05, 0) is 77.6 Å². The first-order chi connectivity index (χ1) is 13.3. The third-order valence-corrected chi connectivity index (χ3v) is 8.44. The SMILES string of the molecule is Cc1c(NC(=O)C(C)N2C(=O)C3C4C=CC(C5CC45)C3C2=O)ccc(Br)c1Cl. The van der Waals surface area contributed by atoms with Gasteiger partial charge in [-0.2, -0.15) is 0 Å². The minimum atomic E-state index is -0.858. The lowest BCUT2D eigenvalue weighted by Crippen LogP contribution is -2.46. The summed E-state index contributed by atoms with van der Waals surface area (Å²) >= 11 is 9.59. The van der Waals surface area contributed by atoms with Crippen molar-refractivity contribution in [1.82, 2.24) is 4.90 Å². The van der Waals surface area contributed by atoms with Gasteiger partial charge in [-0.1, -0.05) is 23.8 Å². The fourth-order valence-corrected chi connectivity index (χ4v) is 6.10. The molecule has 2 saturated carbocycles. The molecule has 4 aliphatic carbocycles. The number of carbonyl (C=O) groups excluding carboxylic acids is 3. The molecule has 1 aliphatic heterocycles. The van der Waals surface area contributed by atoms with Crippen LogP contribution < -0.4 is 5.32 Å². The highest BCUT2D eigenvalue weighted by Gasteiger charge is 2.67. The highest BCUT2D eigenvalue weighted by Crippen LogP contribution is 2.65. The maximum Gasteiger partial charge on any atom is 0.247 e. The van der Waals surface area contributed by atoms with Crippen LogP contribution in [-0.2, 0) is 14.4 Å². The number of hydrogen-bond donors (Lipinski definition) is 1. The van der Waals surface area contributed by atoms with Crippen LogP contribution in [0.2, 0.25) is 5.02 Å². The van der Waals surface area contributed by atoms with Gasteiger partial charge in [-0.3, -0.25) is 19.3 Å². The van der Waals surface area contributed by atoms with E-state index in [4.69, 9.17) is 11.6 Å². The average molecular weight is 464 g/mol. The van der Waals surface area contributed by atoms with Gasteiger partial charge < -0.3 is 5.32 Å². The van der Waals surface area contributed by atoms with Gasteiger partial charge in [0.1, 0.15) is 6.04 Å². The molecule has 0 aromatic heterocycles. The fraction of sp³-hybridized carbons (Fsp3) is 0.476.